The second kappa shape index (κ2) is 9.23. The third-order valence-corrected chi connectivity index (χ3v) is 5.01. The minimum atomic E-state index is -3.99. The predicted molar refractivity (Wildman–Crippen MR) is 96.8 cm³/mol. The number of halogens is 4. The van der Waals surface area contributed by atoms with Crippen LogP contribution in [0.1, 0.15) is 25.5 Å². The van der Waals surface area contributed by atoms with Gasteiger partial charge in [0.2, 0.25) is 20.0 Å². The molecule has 10 nitrogen and oxygen atoms in total. The first kappa shape index (κ1) is 25.7. The standard InChI is InChI=1S/2C7H9F2N3O2S/c2*1-7(9,4-15(10,13)14)6-11-2-5(8)3-12-6/h2*2-3H,4H2,1H3,(H2,10,13,14)/t2*7-/m10/s1. The smallest absolute Gasteiger partial charge is 0.212 e. The Morgan fingerprint density at radius 1 is 0.733 bits per heavy atom. The maximum atomic E-state index is 13.7. The fourth-order valence-electron chi connectivity index (χ4n) is 2.05. The monoisotopic (exact) mass is 474 g/mol. The summed E-state index contributed by atoms with van der Waals surface area (Å²) in [5.74, 6) is -4.21. The fraction of sp³-hybridized carbons (Fsp3) is 0.429. The first-order chi connectivity index (χ1) is 13.4. The molecule has 0 amide bonds. The molecule has 0 spiro atoms. The van der Waals surface area contributed by atoms with Crippen molar-refractivity contribution in [2.24, 2.45) is 10.3 Å². The summed E-state index contributed by atoms with van der Waals surface area (Å²) in [5, 5.41) is 9.38. The molecule has 0 unspecified atom stereocenters. The van der Waals surface area contributed by atoms with Crippen LogP contribution >= 0.6 is 0 Å². The highest BCUT2D eigenvalue weighted by Gasteiger charge is 2.34. The van der Waals surface area contributed by atoms with E-state index in [1.807, 2.05) is 0 Å². The van der Waals surface area contributed by atoms with Gasteiger partial charge in [0.15, 0.2) is 34.6 Å². The van der Waals surface area contributed by atoms with Crippen LogP contribution in [0.25, 0.3) is 0 Å². The van der Waals surface area contributed by atoms with Gasteiger partial charge in [-0.2, -0.15) is 0 Å². The molecule has 2 aromatic heterocycles. The molecule has 0 radical (unpaired) electrons. The summed E-state index contributed by atoms with van der Waals surface area (Å²) >= 11 is 0. The molecule has 2 heterocycles. The SMILES string of the molecule is C[C@@](F)(CS(N)(=O)=O)c1ncc(F)cn1.C[C@](F)(CS(N)(=O)=O)c1ncc(F)cn1. The van der Waals surface area contributed by atoms with Gasteiger partial charge in [-0.05, 0) is 13.8 Å². The summed E-state index contributed by atoms with van der Waals surface area (Å²) in [6, 6.07) is 0. The topological polar surface area (TPSA) is 172 Å². The number of primary sulfonamides is 2. The van der Waals surface area contributed by atoms with E-state index in [0.717, 1.165) is 38.6 Å². The lowest BCUT2D eigenvalue weighted by molar-refractivity contribution is 0.208. The van der Waals surface area contributed by atoms with E-state index in [9.17, 15) is 34.4 Å². The van der Waals surface area contributed by atoms with Crippen LogP contribution in [0.4, 0.5) is 17.6 Å². The van der Waals surface area contributed by atoms with Crippen LogP contribution in [-0.2, 0) is 31.4 Å². The maximum Gasteiger partial charge on any atom is 0.212 e. The zero-order valence-electron chi connectivity index (χ0n) is 15.6. The van der Waals surface area contributed by atoms with Crippen molar-refractivity contribution in [2.75, 3.05) is 11.5 Å². The van der Waals surface area contributed by atoms with E-state index in [0.29, 0.717) is 0 Å². The highest BCUT2D eigenvalue weighted by molar-refractivity contribution is 7.89. The lowest BCUT2D eigenvalue weighted by Crippen LogP contribution is -2.32. The number of alkyl halides is 2. The maximum absolute atomic E-state index is 13.7. The molecule has 0 aromatic carbocycles. The molecule has 2 aromatic rings. The Kier molecular flexibility index (Phi) is 7.92. The number of sulfonamides is 2. The molecular weight excluding hydrogens is 456 g/mol. The van der Waals surface area contributed by atoms with Gasteiger partial charge in [-0.1, -0.05) is 0 Å². The van der Waals surface area contributed by atoms with Gasteiger partial charge in [0.25, 0.3) is 0 Å². The lowest BCUT2D eigenvalue weighted by Gasteiger charge is -2.16. The molecule has 0 saturated heterocycles. The Morgan fingerprint density at radius 2 is 0.967 bits per heavy atom. The molecule has 168 valence electrons. The predicted octanol–water partition coefficient (Wildman–Crippen LogP) is 0.178. The normalized spacial score (nSPS) is 16.0. The number of hydrogen-bond donors (Lipinski definition) is 2. The molecule has 0 fully saturated rings. The molecule has 0 bridgehead atoms. The van der Waals surface area contributed by atoms with Crippen LogP contribution in [-0.4, -0.2) is 48.3 Å². The highest BCUT2D eigenvalue weighted by atomic mass is 32.2. The Hall–Kier alpha value is -2.30. The second-order valence-electron chi connectivity index (χ2n) is 6.46. The van der Waals surface area contributed by atoms with Gasteiger partial charge in [-0.3, -0.25) is 0 Å². The molecule has 0 saturated carbocycles. The van der Waals surface area contributed by atoms with Crippen molar-refractivity contribution in [3.63, 3.8) is 0 Å². The molecule has 16 heteroatoms. The van der Waals surface area contributed by atoms with Gasteiger partial charge in [-0.25, -0.2) is 64.6 Å². The van der Waals surface area contributed by atoms with E-state index in [4.69, 9.17) is 10.3 Å². The van der Waals surface area contributed by atoms with Crippen molar-refractivity contribution in [3.8, 4) is 0 Å². The van der Waals surface area contributed by atoms with Crippen LogP contribution < -0.4 is 10.3 Å². The fourth-order valence-corrected chi connectivity index (χ4v) is 3.82. The van der Waals surface area contributed by atoms with Crippen molar-refractivity contribution < 1.29 is 34.4 Å². The molecular formula is C14H18F4N6O4S2. The van der Waals surface area contributed by atoms with Crippen molar-refractivity contribution >= 4 is 20.0 Å². The largest absolute Gasteiger partial charge is 0.235 e. The molecule has 0 aliphatic carbocycles. The number of nitrogens with two attached hydrogens (primary N) is 2. The van der Waals surface area contributed by atoms with Crippen LogP contribution in [0.15, 0.2) is 24.8 Å². The van der Waals surface area contributed by atoms with E-state index >= 15 is 0 Å². The van der Waals surface area contributed by atoms with E-state index in [2.05, 4.69) is 19.9 Å². The zero-order chi connectivity index (χ0) is 23.4. The molecule has 2 rings (SSSR count). The van der Waals surface area contributed by atoms with E-state index in [1.165, 1.54) is 0 Å². The third kappa shape index (κ3) is 9.02. The molecule has 4 N–H and O–H groups in total. The minimum Gasteiger partial charge on any atom is -0.235 e. The summed E-state index contributed by atoms with van der Waals surface area (Å²) in [6.07, 6.45) is 3.01. The quantitative estimate of drug-likeness (QED) is 0.558. The van der Waals surface area contributed by atoms with Gasteiger partial charge in [0, 0.05) is 0 Å². The summed E-state index contributed by atoms with van der Waals surface area (Å²) in [6.45, 7) is 1.93. The van der Waals surface area contributed by atoms with Gasteiger partial charge in [0.1, 0.15) is 11.5 Å². The Labute approximate surface area is 169 Å². The highest BCUT2D eigenvalue weighted by Crippen LogP contribution is 2.23. The van der Waals surface area contributed by atoms with Gasteiger partial charge in [0.05, 0.1) is 24.8 Å². The van der Waals surface area contributed by atoms with Crippen LogP contribution in [0, 0.1) is 11.6 Å². The van der Waals surface area contributed by atoms with Crippen molar-refractivity contribution in [3.05, 3.63) is 48.1 Å². The van der Waals surface area contributed by atoms with E-state index in [-0.39, 0.29) is 0 Å². The summed E-state index contributed by atoms with van der Waals surface area (Å²) in [4.78, 5) is 13.4. The molecule has 0 aliphatic rings. The van der Waals surface area contributed by atoms with Crippen molar-refractivity contribution in [2.45, 2.75) is 25.2 Å². The average molecular weight is 474 g/mol. The number of hydrogen-bond acceptors (Lipinski definition) is 8. The van der Waals surface area contributed by atoms with E-state index in [1.54, 1.807) is 0 Å². The van der Waals surface area contributed by atoms with E-state index < -0.39 is 66.2 Å². The number of nitrogens with zero attached hydrogens (tertiary/aromatic N) is 4. The zero-order valence-corrected chi connectivity index (χ0v) is 17.3. The second-order valence-corrected chi connectivity index (χ2v) is 9.69. The van der Waals surface area contributed by atoms with Crippen molar-refractivity contribution in [1.29, 1.82) is 0 Å². The van der Waals surface area contributed by atoms with Crippen LogP contribution in [0.2, 0.25) is 0 Å². The molecule has 30 heavy (non-hydrogen) atoms. The molecule has 0 aliphatic heterocycles. The lowest BCUT2D eigenvalue weighted by atomic mass is 10.1. The summed E-state index contributed by atoms with van der Waals surface area (Å²) in [7, 11) is -7.98. The third-order valence-electron chi connectivity index (χ3n) is 3.12. The number of aromatic nitrogens is 4. The Morgan fingerprint density at radius 3 is 1.17 bits per heavy atom. The number of rotatable bonds is 6. The first-order valence-corrected chi connectivity index (χ1v) is 11.2. The van der Waals surface area contributed by atoms with Crippen LogP contribution in [0.3, 0.4) is 0 Å². The van der Waals surface area contributed by atoms with Gasteiger partial charge >= 0.3 is 0 Å². The van der Waals surface area contributed by atoms with Gasteiger partial charge < -0.3 is 0 Å². The summed E-state index contributed by atoms with van der Waals surface area (Å²) < 4.78 is 95.1. The first-order valence-electron chi connectivity index (χ1n) is 7.76. The summed E-state index contributed by atoms with van der Waals surface area (Å²) in [5.41, 5.74) is -4.66. The Balaban J connectivity index is 0.000000300. The minimum absolute atomic E-state index is 0.419. The van der Waals surface area contributed by atoms with Crippen LogP contribution in [0.5, 0.6) is 0 Å². The average Bonchev–Trinajstić information content (AvgIpc) is 2.52. The van der Waals surface area contributed by atoms with Crippen molar-refractivity contribution in [1.82, 2.24) is 19.9 Å². The van der Waals surface area contributed by atoms with Gasteiger partial charge in [-0.15, -0.1) is 0 Å². The Bertz CT molecular complexity index is 975. The molecule has 2 atom stereocenters.